The highest BCUT2D eigenvalue weighted by Gasteiger charge is 2.32. The van der Waals surface area contributed by atoms with Crippen molar-refractivity contribution in [2.24, 2.45) is 0 Å². The molecule has 3 nitrogen and oxygen atoms in total. The predicted octanol–water partition coefficient (Wildman–Crippen LogP) is 3.68. The molecule has 0 spiro atoms. The minimum atomic E-state index is 0.242. The van der Waals surface area contributed by atoms with Crippen LogP contribution in [0.25, 0.3) is 0 Å². The van der Waals surface area contributed by atoms with E-state index in [1.165, 1.54) is 5.56 Å². The monoisotopic (exact) mass is 289 g/mol. The Morgan fingerprint density at radius 3 is 3.10 bits per heavy atom. The van der Waals surface area contributed by atoms with E-state index in [4.69, 9.17) is 4.42 Å². The van der Waals surface area contributed by atoms with Gasteiger partial charge in [0, 0.05) is 31.3 Å². The van der Waals surface area contributed by atoms with Crippen molar-refractivity contribution < 1.29 is 9.21 Å². The van der Waals surface area contributed by atoms with E-state index in [0.29, 0.717) is 24.8 Å². The van der Waals surface area contributed by atoms with Crippen LogP contribution < -0.4 is 0 Å². The van der Waals surface area contributed by atoms with Gasteiger partial charge in [-0.15, -0.1) is 0 Å². The molecule has 2 aromatic rings. The second-order valence-electron chi connectivity index (χ2n) is 5.46. The maximum atomic E-state index is 12.4. The van der Waals surface area contributed by atoms with Gasteiger partial charge in [-0.1, -0.05) is 0 Å². The number of likely N-dealkylation sites (tertiary alicyclic amines) is 1. The zero-order valence-electron chi connectivity index (χ0n) is 11.6. The van der Waals surface area contributed by atoms with Gasteiger partial charge in [-0.05, 0) is 47.9 Å². The maximum Gasteiger partial charge on any atom is 0.223 e. The number of carbonyl (C=O) groups excluding carboxylic acids is 1. The second kappa shape index (κ2) is 5.83. The van der Waals surface area contributed by atoms with E-state index >= 15 is 0 Å². The van der Waals surface area contributed by atoms with Crippen LogP contribution in [0.5, 0.6) is 0 Å². The largest absolute Gasteiger partial charge is 0.469 e. The Hall–Kier alpha value is -1.55. The third-order valence-electron chi connectivity index (χ3n) is 4.08. The summed E-state index contributed by atoms with van der Waals surface area (Å²) in [7, 11) is 0. The lowest BCUT2D eigenvalue weighted by atomic mass is 10.00. The number of hydrogen-bond acceptors (Lipinski definition) is 3. The number of rotatable bonds is 4. The molecule has 1 aliphatic rings. The molecule has 106 valence electrons. The molecule has 4 heteroatoms. The number of aryl methyl sites for hydroxylation is 1. The number of amides is 1. The third-order valence-corrected chi connectivity index (χ3v) is 4.78. The number of carbonyl (C=O) groups is 1. The standard InChI is InChI=1S/C16H19NO2S/c1-12-9-14(13-6-8-20-11-13)10-17(12)16(18)5-4-15-3-2-7-19-15/h2-3,6-8,11-12,14H,4-5,9-10H2,1H3. The van der Waals surface area contributed by atoms with Gasteiger partial charge in [-0.2, -0.15) is 11.3 Å². The molecule has 1 amide bonds. The van der Waals surface area contributed by atoms with Crippen LogP contribution in [0.2, 0.25) is 0 Å². The van der Waals surface area contributed by atoms with Gasteiger partial charge in [-0.3, -0.25) is 4.79 Å². The number of hydrogen-bond donors (Lipinski definition) is 0. The summed E-state index contributed by atoms with van der Waals surface area (Å²) < 4.78 is 5.28. The fraction of sp³-hybridized carbons (Fsp3) is 0.438. The van der Waals surface area contributed by atoms with E-state index in [0.717, 1.165) is 18.7 Å². The van der Waals surface area contributed by atoms with Crippen molar-refractivity contribution in [2.75, 3.05) is 6.54 Å². The quantitative estimate of drug-likeness (QED) is 0.860. The highest BCUT2D eigenvalue weighted by Crippen LogP contribution is 2.33. The van der Waals surface area contributed by atoms with Crippen LogP contribution in [0.15, 0.2) is 39.6 Å². The van der Waals surface area contributed by atoms with Crippen LogP contribution in [0.4, 0.5) is 0 Å². The first-order chi connectivity index (χ1) is 9.74. The molecule has 20 heavy (non-hydrogen) atoms. The zero-order chi connectivity index (χ0) is 13.9. The van der Waals surface area contributed by atoms with E-state index < -0.39 is 0 Å². The minimum absolute atomic E-state index is 0.242. The van der Waals surface area contributed by atoms with Crippen LogP contribution in [0.1, 0.15) is 37.0 Å². The Morgan fingerprint density at radius 1 is 1.50 bits per heavy atom. The molecule has 0 aliphatic carbocycles. The molecule has 0 saturated carbocycles. The maximum absolute atomic E-state index is 12.4. The molecule has 2 unspecified atom stereocenters. The van der Waals surface area contributed by atoms with E-state index in [2.05, 4.69) is 23.8 Å². The van der Waals surface area contributed by atoms with Gasteiger partial charge < -0.3 is 9.32 Å². The predicted molar refractivity (Wildman–Crippen MR) is 79.9 cm³/mol. The zero-order valence-corrected chi connectivity index (χ0v) is 12.4. The second-order valence-corrected chi connectivity index (χ2v) is 6.24. The topological polar surface area (TPSA) is 33.5 Å². The average Bonchev–Trinajstić information content (AvgIpc) is 3.17. The molecule has 1 saturated heterocycles. The van der Waals surface area contributed by atoms with Gasteiger partial charge in [0.25, 0.3) is 0 Å². The number of thiophene rings is 1. The Labute approximate surface area is 123 Å². The SMILES string of the molecule is CC1CC(c2ccsc2)CN1C(=O)CCc1ccco1. The molecular formula is C16H19NO2S. The molecule has 2 aromatic heterocycles. The van der Waals surface area contributed by atoms with Crippen LogP contribution >= 0.6 is 11.3 Å². The first-order valence-corrected chi connectivity index (χ1v) is 8.02. The van der Waals surface area contributed by atoms with Crippen LogP contribution in [-0.2, 0) is 11.2 Å². The van der Waals surface area contributed by atoms with E-state index in [9.17, 15) is 4.79 Å². The van der Waals surface area contributed by atoms with Crippen molar-refractivity contribution in [2.45, 2.75) is 38.1 Å². The summed E-state index contributed by atoms with van der Waals surface area (Å²) >= 11 is 1.73. The molecule has 0 aromatic carbocycles. The molecule has 3 heterocycles. The highest BCUT2D eigenvalue weighted by atomic mass is 32.1. The van der Waals surface area contributed by atoms with Crippen molar-refractivity contribution in [1.29, 1.82) is 0 Å². The van der Waals surface area contributed by atoms with Gasteiger partial charge in [0.15, 0.2) is 0 Å². The Bertz CT molecular complexity index is 547. The van der Waals surface area contributed by atoms with E-state index in [1.54, 1.807) is 17.6 Å². The van der Waals surface area contributed by atoms with Gasteiger partial charge in [0.05, 0.1) is 6.26 Å². The van der Waals surface area contributed by atoms with Gasteiger partial charge in [0.1, 0.15) is 5.76 Å². The van der Waals surface area contributed by atoms with E-state index in [1.807, 2.05) is 17.0 Å². The molecule has 2 atom stereocenters. The average molecular weight is 289 g/mol. The molecule has 0 radical (unpaired) electrons. The molecule has 0 bridgehead atoms. The number of nitrogens with zero attached hydrogens (tertiary/aromatic N) is 1. The first-order valence-electron chi connectivity index (χ1n) is 7.08. The van der Waals surface area contributed by atoms with Crippen molar-refractivity contribution in [3.8, 4) is 0 Å². The fourth-order valence-electron chi connectivity index (χ4n) is 2.96. The van der Waals surface area contributed by atoms with Crippen molar-refractivity contribution in [1.82, 2.24) is 4.90 Å². The first kappa shape index (κ1) is 13.4. The number of furan rings is 1. The normalized spacial score (nSPS) is 22.4. The lowest BCUT2D eigenvalue weighted by molar-refractivity contribution is -0.131. The van der Waals surface area contributed by atoms with Gasteiger partial charge in [-0.25, -0.2) is 0 Å². The smallest absolute Gasteiger partial charge is 0.223 e. The van der Waals surface area contributed by atoms with E-state index in [-0.39, 0.29) is 5.91 Å². The third kappa shape index (κ3) is 2.80. The van der Waals surface area contributed by atoms with Crippen LogP contribution in [0.3, 0.4) is 0 Å². The molecule has 1 fully saturated rings. The summed E-state index contributed by atoms with van der Waals surface area (Å²) in [5, 5.41) is 4.32. The van der Waals surface area contributed by atoms with Crippen LogP contribution in [-0.4, -0.2) is 23.4 Å². The minimum Gasteiger partial charge on any atom is -0.469 e. The molecule has 1 aliphatic heterocycles. The summed E-state index contributed by atoms with van der Waals surface area (Å²) in [6, 6.07) is 6.31. The molecule has 0 N–H and O–H groups in total. The Morgan fingerprint density at radius 2 is 2.40 bits per heavy atom. The molecule has 3 rings (SSSR count). The summed E-state index contributed by atoms with van der Waals surface area (Å²) in [5.74, 6) is 1.63. The summed E-state index contributed by atoms with van der Waals surface area (Å²) in [4.78, 5) is 14.4. The van der Waals surface area contributed by atoms with Gasteiger partial charge >= 0.3 is 0 Å². The van der Waals surface area contributed by atoms with Crippen molar-refractivity contribution in [3.05, 3.63) is 46.5 Å². The lowest BCUT2D eigenvalue weighted by Gasteiger charge is -2.21. The highest BCUT2D eigenvalue weighted by molar-refractivity contribution is 7.07. The fourth-order valence-corrected chi connectivity index (χ4v) is 3.70. The van der Waals surface area contributed by atoms with Gasteiger partial charge in [0.2, 0.25) is 5.91 Å². The molecular weight excluding hydrogens is 270 g/mol. The van der Waals surface area contributed by atoms with Crippen molar-refractivity contribution >= 4 is 17.2 Å². The lowest BCUT2D eigenvalue weighted by Crippen LogP contribution is -2.34. The Kier molecular flexibility index (Phi) is 3.92. The summed E-state index contributed by atoms with van der Waals surface area (Å²) in [5.41, 5.74) is 1.38. The van der Waals surface area contributed by atoms with Crippen LogP contribution in [0, 0.1) is 0 Å². The summed E-state index contributed by atoms with van der Waals surface area (Å²) in [6.45, 7) is 3.01. The van der Waals surface area contributed by atoms with Crippen molar-refractivity contribution in [3.63, 3.8) is 0 Å². The summed E-state index contributed by atoms with van der Waals surface area (Å²) in [6.07, 6.45) is 3.96. The Balaban J connectivity index is 1.58.